The minimum Gasteiger partial charge on any atom is -0.371 e. The van der Waals surface area contributed by atoms with E-state index in [0.29, 0.717) is 5.92 Å². The van der Waals surface area contributed by atoms with Gasteiger partial charge in [0.05, 0.1) is 18.8 Å². The highest BCUT2D eigenvalue weighted by molar-refractivity contribution is 6.30. The molecule has 1 aliphatic heterocycles. The van der Waals surface area contributed by atoms with Gasteiger partial charge in [0.1, 0.15) is 12.7 Å². The van der Waals surface area contributed by atoms with Gasteiger partial charge < -0.3 is 4.74 Å². The number of ether oxygens (including phenoxy) is 1. The molecule has 2 heterocycles. The SMILES string of the molecule is CC12CCC(Cc3ccc(Cl)cc3)C1(Cn1cncn1)OC2. The Morgan fingerprint density at radius 2 is 2.18 bits per heavy atom. The highest BCUT2D eigenvalue weighted by Crippen LogP contribution is 2.60. The third kappa shape index (κ3) is 2.09. The molecule has 2 aromatic rings. The average molecular weight is 318 g/mol. The van der Waals surface area contributed by atoms with Gasteiger partial charge in [-0.2, -0.15) is 5.10 Å². The van der Waals surface area contributed by atoms with E-state index in [9.17, 15) is 0 Å². The molecule has 2 aliphatic rings. The van der Waals surface area contributed by atoms with Gasteiger partial charge in [-0.3, -0.25) is 4.68 Å². The van der Waals surface area contributed by atoms with Crippen LogP contribution in [0.4, 0.5) is 0 Å². The van der Waals surface area contributed by atoms with E-state index in [0.717, 1.165) is 24.6 Å². The molecule has 22 heavy (non-hydrogen) atoms. The summed E-state index contributed by atoms with van der Waals surface area (Å²) in [5, 5.41) is 5.07. The van der Waals surface area contributed by atoms with E-state index in [1.807, 2.05) is 16.8 Å². The lowest BCUT2D eigenvalue weighted by molar-refractivity contribution is -0.268. The number of aromatic nitrogens is 3. The first-order valence-electron chi connectivity index (χ1n) is 7.82. The van der Waals surface area contributed by atoms with E-state index in [1.165, 1.54) is 18.4 Å². The topological polar surface area (TPSA) is 39.9 Å². The lowest BCUT2D eigenvalue weighted by atomic mass is 9.67. The fourth-order valence-electron chi connectivity index (χ4n) is 4.22. The Balaban J connectivity index is 1.59. The first-order valence-corrected chi connectivity index (χ1v) is 8.20. The Kier molecular flexibility index (Phi) is 3.27. The summed E-state index contributed by atoms with van der Waals surface area (Å²) in [7, 11) is 0. The molecule has 1 aromatic carbocycles. The van der Waals surface area contributed by atoms with E-state index in [1.54, 1.807) is 12.7 Å². The molecule has 4 nitrogen and oxygen atoms in total. The number of hydrogen-bond acceptors (Lipinski definition) is 3. The molecule has 3 unspecified atom stereocenters. The summed E-state index contributed by atoms with van der Waals surface area (Å²) < 4.78 is 8.13. The molecule has 0 radical (unpaired) electrons. The van der Waals surface area contributed by atoms with Crippen molar-refractivity contribution in [2.24, 2.45) is 11.3 Å². The summed E-state index contributed by atoms with van der Waals surface area (Å²) in [5.41, 5.74) is 1.48. The molecule has 0 N–H and O–H groups in total. The van der Waals surface area contributed by atoms with Crippen LogP contribution in [-0.2, 0) is 17.7 Å². The molecule has 1 saturated heterocycles. The Bertz CT molecular complexity index is 657. The van der Waals surface area contributed by atoms with Crippen LogP contribution in [0, 0.1) is 11.3 Å². The quantitative estimate of drug-likeness (QED) is 0.868. The lowest BCUT2D eigenvalue weighted by Crippen LogP contribution is -2.63. The zero-order valence-electron chi connectivity index (χ0n) is 12.7. The second kappa shape index (κ2) is 5.07. The summed E-state index contributed by atoms with van der Waals surface area (Å²) in [6.45, 7) is 4.01. The van der Waals surface area contributed by atoms with Crippen molar-refractivity contribution in [3.63, 3.8) is 0 Å². The van der Waals surface area contributed by atoms with Crippen LogP contribution in [0.15, 0.2) is 36.9 Å². The average Bonchev–Trinajstić information content (AvgIpc) is 3.07. The van der Waals surface area contributed by atoms with Crippen molar-refractivity contribution >= 4 is 11.6 Å². The van der Waals surface area contributed by atoms with E-state index in [4.69, 9.17) is 16.3 Å². The molecule has 5 heteroatoms. The van der Waals surface area contributed by atoms with Crippen molar-refractivity contribution < 1.29 is 4.74 Å². The van der Waals surface area contributed by atoms with Crippen LogP contribution in [0.1, 0.15) is 25.3 Å². The number of benzene rings is 1. The van der Waals surface area contributed by atoms with Crippen LogP contribution in [0.25, 0.3) is 0 Å². The lowest BCUT2D eigenvalue weighted by Gasteiger charge is -2.56. The van der Waals surface area contributed by atoms with E-state index < -0.39 is 0 Å². The maximum atomic E-state index is 6.21. The Labute approximate surface area is 135 Å². The van der Waals surface area contributed by atoms with E-state index >= 15 is 0 Å². The van der Waals surface area contributed by atoms with Crippen LogP contribution in [0.2, 0.25) is 5.02 Å². The van der Waals surface area contributed by atoms with Crippen molar-refractivity contribution in [3.05, 3.63) is 47.5 Å². The second-order valence-corrected chi connectivity index (χ2v) is 7.33. The molecule has 0 bridgehead atoms. The van der Waals surface area contributed by atoms with Gasteiger partial charge in [0.15, 0.2) is 0 Å². The van der Waals surface area contributed by atoms with Crippen LogP contribution in [-0.4, -0.2) is 27.0 Å². The van der Waals surface area contributed by atoms with Crippen molar-refractivity contribution in [2.45, 2.75) is 38.3 Å². The fourth-order valence-corrected chi connectivity index (χ4v) is 4.34. The molecule has 1 aliphatic carbocycles. The van der Waals surface area contributed by atoms with Gasteiger partial charge in [-0.1, -0.05) is 30.7 Å². The maximum absolute atomic E-state index is 6.21. The standard InChI is InChI=1S/C17H20ClN3O/c1-16-7-6-14(8-13-2-4-15(18)5-3-13)17(16,22-10-16)9-21-12-19-11-20-21/h2-5,11-12,14H,6-10H2,1H3. The highest BCUT2D eigenvalue weighted by Gasteiger charge is 2.65. The van der Waals surface area contributed by atoms with Crippen molar-refractivity contribution in [1.82, 2.24) is 14.8 Å². The van der Waals surface area contributed by atoms with Crippen LogP contribution < -0.4 is 0 Å². The number of nitrogens with zero attached hydrogens (tertiary/aromatic N) is 3. The molecule has 116 valence electrons. The third-order valence-corrected chi connectivity index (χ3v) is 5.88. The number of halogens is 1. The monoisotopic (exact) mass is 317 g/mol. The fraction of sp³-hybridized carbons (Fsp3) is 0.529. The minimum atomic E-state index is -0.111. The summed E-state index contributed by atoms with van der Waals surface area (Å²) in [5.74, 6) is 0.511. The summed E-state index contributed by atoms with van der Waals surface area (Å²) >= 11 is 5.99. The maximum Gasteiger partial charge on any atom is 0.137 e. The Hall–Kier alpha value is -1.39. The van der Waals surface area contributed by atoms with Crippen molar-refractivity contribution in [1.29, 1.82) is 0 Å². The molecular formula is C17H20ClN3O. The predicted octanol–water partition coefficient (Wildman–Crippen LogP) is 3.36. The first kappa shape index (κ1) is 14.2. The number of rotatable bonds is 4. The summed E-state index contributed by atoms with van der Waals surface area (Å²) in [6, 6.07) is 8.19. The highest BCUT2D eigenvalue weighted by atomic mass is 35.5. The van der Waals surface area contributed by atoms with Gasteiger partial charge in [0.2, 0.25) is 0 Å². The normalized spacial score (nSPS) is 33.5. The number of hydrogen-bond donors (Lipinski definition) is 0. The van der Waals surface area contributed by atoms with E-state index in [-0.39, 0.29) is 11.0 Å². The number of fused-ring (bicyclic) bond motifs is 1. The summed E-state index contributed by atoms with van der Waals surface area (Å²) in [6.07, 6.45) is 6.83. The molecule has 3 atom stereocenters. The smallest absolute Gasteiger partial charge is 0.137 e. The van der Waals surface area contributed by atoms with Crippen molar-refractivity contribution in [2.75, 3.05) is 6.61 Å². The minimum absolute atomic E-state index is 0.111. The van der Waals surface area contributed by atoms with Crippen LogP contribution >= 0.6 is 11.6 Å². The van der Waals surface area contributed by atoms with Gasteiger partial charge in [-0.25, -0.2) is 4.98 Å². The van der Waals surface area contributed by atoms with Gasteiger partial charge in [0, 0.05) is 10.4 Å². The summed E-state index contributed by atoms with van der Waals surface area (Å²) in [4.78, 5) is 4.07. The van der Waals surface area contributed by atoms with Crippen LogP contribution in [0.5, 0.6) is 0 Å². The van der Waals surface area contributed by atoms with Gasteiger partial charge in [-0.05, 0) is 42.9 Å². The molecule has 2 fully saturated rings. The van der Waals surface area contributed by atoms with E-state index in [2.05, 4.69) is 29.1 Å². The molecule has 4 rings (SSSR count). The molecule has 1 aromatic heterocycles. The van der Waals surface area contributed by atoms with Crippen molar-refractivity contribution in [3.8, 4) is 0 Å². The van der Waals surface area contributed by atoms with Gasteiger partial charge in [-0.15, -0.1) is 0 Å². The van der Waals surface area contributed by atoms with Crippen LogP contribution in [0.3, 0.4) is 0 Å². The zero-order chi connectivity index (χ0) is 15.2. The predicted molar refractivity (Wildman–Crippen MR) is 84.7 cm³/mol. The molecular weight excluding hydrogens is 298 g/mol. The Morgan fingerprint density at radius 3 is 2.82 bits per heavy atom. The van der Waals surface area contributed by atoms with Gasteiger partial charge in [0.25, 0.3) is 0 Å². The zero-order valence-corrected chi connectivity index (χ0v) is 13.5. The molecule has 0 spiro atoms. The molecule has 1 saturated carbocycles. The third-order valence-electron chi connectivity index (χ3n) is 5.63. The van der Waals surface area contributed by atoms with Gasteiger partial charge >= 0.3 is 0 Å². The molecule has 0 amide bonds. The largest absolute Gasteiger partial charge is 0.371 e. The first-order chi connectivity index (χ1) is 10.6. The Morgan fingerprint density at radius 1 is 1.36 bits per heavy atom. The second-order valence-electron chi connectivity index (χ2n) is 6.90.